The molecular formula is C9H19ClO2Si. The van der Waals surface area contributed by atoms with Gasteiger partial charge in [0.2, 0.25) is 5.24 Å². The third-order valence-electron chi connectivity index (χ3n) is 2.83. The summed E-state index contributed by atoms with van der Waals surface area (Å²) in [5, 5.41) is -0.326. The van der Waals surface area contributed by atoms with Crippen molar-refractivity contribution in [3.63, 3.8) is 0 Å². The molecule has 0 saturated carbocycles. The van der Waals surface area contributed by atoms with Crippen LogP contribution in [0.4, 0.5) is 0 Å². The van der Waals surface area contributed by atoms with Crippen LogP contribution in [-0.2, 0) is 4.79 Å². The molecule has 0 amide bonds. The second kappa shape index (κ2) is 4.58. The van der Waals surface area contributed by atoms with Gasteiger partial charge in [-0.05, 0) is 42.6 Å². The second-order valence-corrected chi connectivity index (χ2v) is 9.54. The van der Waals surface area contributed by atoms with Crippen molar-refractivity contribution in [1.29, 1.82) is 0 Å². The first-order valence-corrected chi connectivity index (χ1v) is 7.90. The van der Waals surface area contributed by atoms with E-state index in [1.807, 2.05) is 13.1 Å². The van der Waals surface area contributed by atoms with Crippen molar-refractivity contribution in [3.8, 4) is 0 Å². The fraction of sp³-hybridized carbons (Fsp3) is 0.889. The van der Waals surface area contributed by atoms with Gasteiger partial charge < -0.3 is 4.80 Å². The Bertz CT molecular complexity index is 185. The van der Waals surface area contributed by atoms with Crippen molar-refractivity contribution in [3.05, 3.63) is 0 Å². The van der Waals surface area contributed by atoms with Gasteiger partial charge in [-0.1, -0.05) is 13.8 Å². The molecule has 0 radical (unpaired) electrons. The lowest BCUT2D eigenvalue weighted by molar-refractivity contribution is -0.111. The van der Waals surface area contributed by atoms with E-state index in [1.165, 1.54) is 0 Å². The zero-order valence-electron chi connectivity index (χ0n) is 8.85. The molecule has 0 aromatic carbocycles. The Morgan fingerprint density at radius 1 is 1.46 bits per heavy atom. The predicted octanol–water partition coefficient (Wildman–Crippen LogP) is 2.90. The lowest BCUT2D eigenvalue weighted by Gasteiger charge is -2.34. The number of hydrogen-bond acceptors (Lipinski definition) is 2. The Balaban J connectivity index is 3.97. The predicted molar refractivity (Wildman–Crippen MR) is 58.5 cm³/mol. The fourth-order valence-electron chi connectivity index (χ4n) is 0.975. The van der Waals surface area contributed by atoms with Gasteiger partial charge >= 0.3 is 0 Å². The topological polar surface area (TPSA) is 37.3 Å². The van der Waals surface area contributed by atoms with Crippen LogP contribution in [0.3, 0.4) is 0 Å². The summed E-state index contributed by atoms with van der Waals surface area (Å²) in [6.45, 7) is 7.96. The number of rotatable bonds is 5. The molecule has 0 aliphatic rings. The Kier molecular flexibility index (Phi) is 4.62. The zero-order valence-corrected chi connectivity index (χ0v) is 10.6. The average Bonchev–Trinajstić information content (AvgIpc) is 1.82. The molecule has 2 nitrogen and oxygen atoms in total. The molecule has 0 aromatic heterocycles. The monoisotopic (exact) mass is 222 g/mol. The molecule has 0 spiro atoms. The summed E-state index contributed by atoms with van der Waals surface area (Å²) in [6.07, 6.45) is 2.04. The van der Waals surface area contributed by atoms with Gasteiger partial charge in [0.1, 0.15) is 0 Å². The van der Waals surface area contributed by atoms with E-state index in [-0.39, 0.29) is 10.3 Å². The molecule has 0 fully saturated rings. The smallest absolute Gasteiger partial charge is 0.221 e. The highest BCUT2D eigenvalue weighted by Crippen LogP contribution is 2.40. The van der Waals surface area contributed by atoms with Crippen LogP contribution in [0.1, 0.15) is 33.1 Å². The van der Waals surface area contributed by atoms with E-state index in [9.17, 15) is 9.59 Å². The molecule has 0 saturated heterocycles. The van der Waals surface area contributed by atoms with Gasteiger partial charge in [0.15, 0.2) is 8.32 Å². The average molecular weight is 223 g/mol. The zero-order chi connectivity index (χ0) is 10.7. The van der Waals surface area contributed by atoms with Gasteiger partial charge in [-0.15, -0.1) is 0 Å². The number of carbonyl (C=O) groups is 1. The summed E-state index contributed by atoms with van der Waals surface area (Å²) < 4.78 is 0. The molecule has 0 heterocycles. The SMILES string of the molecule is CC(C)(CCCC(=O)Cl)[Si](C)(C)O. The summed E-state index contributed by atoms with van der Waals surface area (Å²) in [6, 6.07) is 0. The quantitative estimate of drug-likeness (QED) is 0.574. The Morgan fingerprint density at radius 3 is 2.23 bits per heavy atom. The summed E-state index contributed by atoms with van der Waals surface area (Å²) in [4.78, 5) is 20.4. The summed E-state index contributed by atoms with van der Waals surface area (Å²) in [5.41, 5.74) is 0. The summed E-state index contributed by atoms with van der Waals surface area (Å²) >= 11 is 5.23. The first-order chi connectivity index (χ1) is 5.67. The molecule has 0 atom stereocenters. The Morgan fingerprint density at radius 2 is 1.92 bits per heavy atom. The van der Waals surface area contributed by atoms with Crippen LogP contribution < -0.4 is 0 Å². The molecule has 13 heavy (non-hydrogen) atoms. The maximum atomic E-state index is 10.5. The Labute approximate surface area is 86.4 Å². The van der Waals surface area contributed by atoms with Crippen molar-refractivity contribution in [2.75, 3.05) is 0 Å². The minimum atomic E-state index is -2.11. The largest absolute Gasteiger partial charge is 0.432 e. The van der Waals surface area contributed by atoms with Crippen LogP contribution in [0.5, 0.6) is 0 Å². The van der Waals surface area contributed by atoms with Crippen LogP contribution in [0.15, 0.2) is 0 Å². The molecule has 0 aliphatic heterocycles. The first kappa shape index (κ1) is 13.1. The first-order valence-electron chi connectivity index (χ1n) is 4.57. The Hall–Kier alpha value is 0.137. The van der Waals surface area contributed by atoms with Gasteiger partial charge in [-0.25, -0.2) is 0 Å². The molecule has 4 heteroatoms. The molecule has 78 valence electrons. The molecular weight excluding hydrogens is 204 g/mol. The lowest BCUT2D eigenvalue weighted by atomic mass is 10.1. The van der Waals surface area contributed by atoms with Gasteiger partial charge in [-0.2, -0.15) is 0 Å². The van der Waals surface area contributed by atoms with Crippen molar-refractivity contribution in [1.82, 2.24) is 0 Å². The number of halogens is 1. The summed E-state index contributed by atoms with van der Waals surface area (Å²) in [7, 11) is -2.11. The van der Waals surface area contributed by atoms with Crippen molar-refractivity contribution in [2.24, 2.45) is 0 Å². The molecule has 1 N–H and O–H groups in total. The molecule has 0 aliphatic carbocycles. The molecule has 0 bridgehead atoms. The van der Waals surface area contributed by atoms with Crippen molar-refractivity contribution in [2.45, 2.75) is 51.2 Å². The highest BCUT2D eigenvalue weighted by Gasteiger charge is 2.37. The highest BCUT2D eigenvalue weighted by atomic mass is 35.5. The van der Waals surface area contributed by atoms with Crippen LogP contribution in [0.25, 0.3) is 0 Å². The highest BCUT2D eigenvalue weighted by molar-refractivity contribution is 6.72. The number of carbonyl (C=O) groups excluding carboxylic acids is 1. The van der Waals surface area contributed by atoms with Crippen molar-refractivity contribution >= 4 is 25.2 Å². The van der Waals surface area contributed by atoms with E-state index < -0.39 is 8.32 Å². The van der Waals surface area contributed by atoms with Crippen molar-refractivity contribution < 1.29 is 9.59 Å². The van der Waals surface area contributed by atoms with E-state index in [4.69, 9.17) is 11.6 Å². The van der Waals surface area contributed by atoms with Gasteiger partial charge in [0.05, 0.1) is 0 Å². The normalized spacial score (nSPS) is 13.1. The van der Waals surface area contributed by atoms with Gasteiger partial charge in [0.25, 0.3) is 0 Å². The van der Waals surface area contributed by atoms with E-state index in [0.717, 1.165) is 12.8 Å². The standard InChI is InChI=1S/C9H19ClO2Si/c1-9(2,13(3,4)12)7-5-6-8(10)11/h12H,5-7H2,1-4H3. The van der Waals surface area contributed by atoms with Crippen LogP contribution in [0, 0.1) is 0 Å². The fourth-order valence-corrected chi connectivity index (χ4v) is 1.90. The lowest BCUT2D eigenvalue weighted by Crippen LogP contribution is -2.38. The van der Waals surface area contributed by atoms with E-state index in [0.29, 0.717) is 6.42 Å². The van der Waals surface area contributed by atoms with E-state index in [1.54, 1.807) is 0 Å². The molecule has 0 unspecified atom stereocenters. The number of hydrogen-bond donors (Lipinski definition) is 1. The van der Waals surface area contributed by atoms with E-state index >= 15 is 0 Å². The third-order valence-corrected chi connectivity index (χ3v) is 6.58. The minimum Gasteiger partial charge on any atom is -0.432 e. The third kappa shape index (κ3) is 4.79. The van der Waals surface area contributed by atoms with Crippen LogP contribution in [-0.4, -0.2) is 18.4 Å². The maximum Gasteiger partial charge on any atom is 0.221 e. The molecule has 0 aromatic rings. The van der Waals surface area contributed by atoms with Gasteiger partial charge in [-0.3, -0.25) is 4.79 Å². The summed E-state index contributed by atoms with van der Waals surface area (Å²) in [5.74, 6) is 0. The van der Waals surface area contributed by atoms with Gasteiger partial charge in [0, 0.05) is 6.42 Å². The van der Waals surface area contributed by atoms with Crippen LogP contribution >= 0.6 is 11.6 Å². The maximum absolute atomic E-state index is 10.5. The molecule has 0 rings (SSSR count). The van der Waals surface area contributed by atoms with Crippen LogP contribution in [0.2, 0.25) is 18.1 Å². The second-order valence-electron chi connectivity index (χ2n) is 4.65. The van der Waals surface area contributed by atoms with E-state index in [2.05, 4.69) is 13.8 Å². The minimum absolute atomic E-state index is 0.0423.